The number of pyridine rings is 1. The van der Waals surface area contributed by atoms with E-state index in [0.717, 1.165) is 17.0 Å². The Kier molecular flexibility index (Phi) is 4.50. The quantitative estimate of drug-likeness (QED) is 0.664. The van der Waals surface area contributed by atoms with Crippen LogP contribution in [0.3, 0.4) is 0 Å². The third kappa shape index (κ3) is 3.66. The first-order chi connectivity index (χ1) is 11.9. The first-order valence-electron chi connectivity index (χ1n) is 7.72. The number of aromatic nitrogens is 2. The van der Waals surface area contributed by atoms with E-state index in [9.17, 15) is 18.7 Å². The number of fused-ring (bicyclic) bond motifs is 1. The maximum Gasteiger partial charge on any atom is 0.224 e. The molecule has 1 unspecified atom stereocenters. The van der Waals surface area contributed by atoms with Gasteiger partial charge in [-0.1, -0.05) is 6.07 Å². The van der Waals surface area contributed by atoms with Gasteiger partial charge in [-0.15, -0.1) is 0 Å². The lowest BCUT2D eigenvalue weighted by atomic mass is 9.95. The number of H-pyrrole nitrogens is 1. The average molecular weight is 345 g/mol. The summed E-state index contributed by atoms with van der Waals surface area (Å²) in [6.07, 6.45) is 3.44. The highest BCUT2D eigenvalue weighted by Crippen LogP contribution is 2.23. The van der Waals surface area contributed by atoms with Gasteiger partial charge in [0.1, 0.15) is 22.9 Å². The first-order valence-corrected chi connectivity index (χ1v) is 7.72. The zero-order valence-electron chi connectivity index (χ0n) is 13.5. The Morgan fingerprint density at radius 1 is 1.36 bits per heavy atom. The van der Waals surface area contributed by atoms with Gasteiger partial charge in [-0.05, 0) is 30.7 Å². The van der Waals surface area contributed by atoms with Crippen LogP contribution >= 0.6 is 0 Å². The van der Waals surface area contributed by atoms with Gasteiger partial charge in [0.05, 0.1) is 13.0 Å². The van der Waals surface area contributed by atoms with E-state index in [2.05, 4.69) is 15.3 Å². The van der Waals surface area contributed by atoms with Gasteiger partial charge < -0.3 is 15.4 Å². The summed E-state index contributed by atoms with van der Waals surface area (Å²) in [6.45, 7) is 1.16. The molecule has 0 aliphatic rings. The number of halogens is 2. The summed E-state index contributed by atoms with van der Waals surface area (Å²) in [5.74, 6) is -1.91. The topological polar surface area (TPSA) is 78.0 Å². The molecule has 7 heteroatoms. The van der Waals surface area contributed by atoms with Crippen molar-refractivity contribution < 1.29 is 18.7 Å². The van der Waals surface area contributed by atoms with Crippen LogP contribution in [0.15, 0.2) is 42.7 Å². The zero-order chi connectivity index (χ0) is 18.0. The number of nitrogens with one attached hydrogen (secondary N) is 2. The zero-order valence-corrected chi connectivity index (χ0v) is 13.5. The molecule has 1 atom stereocenters. The van der Waals surface area contributed by atoms with Crippen molar-refractivity contribution in [3.8, 4) is 0 Å². The maximum absolute atomic E-state index is 13.8. The largest absolute Gasteiger partial charge is 0.383 e. The minimum Gasteiger partial charge on any atom is -0.383 e. The van der Waals surface area contributed by atoms with Crippen LogP contribution < -0.4 is 5.32 Å². The normalized spacial score (nSPS) is 13.6. The Hall–Kier alpha value is -2.80. The van der Waals surface area contributed by atoms with Crippen molar-refractivity contribution in [3.05, 3.63) is 65.5 Å². The highest BCUT2D eigenvalue weighted by Gasteiger charge is 2.27. The molecule has 130 valence electrons. The fourth-order valence-corrected chi connectivity index (χ4v) is 2.69. The molecule has 0 fully saturated rings. The Morgan fingerprint density at radius 2 is 2.16 bits per heavy atom. The van der Waals surface area contributed by atoms with E-state index in [1.165, 1.54) is 13.0 Å². The molecule has 0 bridgehead atoms. The van der Waals surface area contributed by atoms with Crippen LogP contribution in [0.5, 0.6) is 0 Å². The minimum absolute atomic E-state index is 0.0782. The second kappa shape index (κ2) is 6.60. The fraction of sp³-hybridized carbons (Fsp3) is 0.222. The molecule has 0 radical (unpaired) electrons. The number of aromatic amines is 1. The van der Waals surface area contributed by atoms with E-state index in [1.54, 1.807) is 18.5 Å². The first kappa shape index (κ1) is 17.0. The molecular formula is C18H17F2N3O2. The van der Waals surface area contributed by atoms with Crippen LogP contribution in [0.4, 0.5) is 8.78 Å². The summed E-state index contributed by atoms with van der Waals surface area (Å²) in [4.78, 5) is 19.3. The van der Waals surface area contributed by atoms with Crippen LogP contribution in [-0.2, 0) is 16.8 Å². The van der Waals surface area contributed by atoms with Gasteiger partial charge in [0.25, 0.3) is 0 Å². The SMILES string of the molecule is CC(O)(CNC(=O)Cc1c[nH]c2ncccc12)c1ccc(F)cc1F. The number of hydrogen-bond donors (Lipinski definition) is 3. The molecule has 5 nitrogen and oxygen atoms in total. The molecule has 3 N–H and O–H groups in total. The number of rotatable bonds is 5. The maximum atomic E-state index is 13.8. The molecule has 1 amide bonds. The van der Waals surface area contributed by atoms with Crippen molar-refractivity contribution >= 4 is 16.9 Å². The third-order valence-electron chi connectivity index (χ3n) is 4.03. The highest BCUT2D eigenvalue weighted by atomic mass is 19.1. The highest BCUT2D eigenvalue weighted by molar-refractivity contribution is 5.87. The van der Waals surface area contributed by atoms with E-state index < -0.39 is 17.2 Å². The number of carbonyl (C=O) groups is 1. The number of benzene rings is 1. The molecule has 0 aliphatic carbocycles. The Morgan fingerprint density at radius 3 is 2.92 bits per heavy atom. The predicted octanol–water partition coefficient (Wildman–Crippen LogP) is 2.41. The van der Waals surface area contributed by atoms with E-state index in [0.29, 0.717) is 11.7 Å². The molecular weight excluding hydrogens is 328 g/mol. The molecule has 0 saturated heterocycles. The molecule has 2 heterocycles. The Labute approximate surface area is 142 Å². The molecule has 1 aromatic carbocycles. The summed E-state index contributed by atoms with van der Waals surface area (Å²) in [5, 5.41) is 13.8. The number of carbonyl (C=O) groups excluding carboxylic acids is 1. The van der Waals surface area contributed by atoms with Crippen molar-refractivity contribution in [2.75, 3.05) is 6.54 Å². The van der Waals surface area contributed by atoms with E-state index in [4.69, 9.17) is 0 Å². The second-order valence-electron chi connectivity index (χ2n) is 6.07. The molecule has 2 aromatic heterocycles. The number of hydrogen-bond acceptors (Lipinski definition) is 3. The van der Waals surface area contributed by atoms with Crippen LogP contribution in [0.2, 0.25) is 0 Å². The molecule has 3 rings (SSSR count). The van der Waals surface area contributed by atoms with Crippen molar-refractivity contribution in [1.82, 2.24) is 15.3 Å². The van der Waals surface area contributed by atoms with Crippen molar-refractivity contribution in [2.45, 2.75) is 18.9 Å². The average Bonchev–Trinajstić information content (AvgIpc) is 2.96. The molecule has 0 spiro atoms. The van der Waals surface area contributed by atoms with Gasteiger partial charge in [-0.2, -0.15) is 0 Å². The fourth-order valence-electron chi connectivity index (χ4n) is 2.69. The summed E-state index contributed by atoms with van der Waals surface area (Å²) in [6, 6.07) is 6.56. The van der Waals surface area contributed by atoms with Gasteiger partial charge >= 0.3 is 0 Å². The summed E-state index contributed by atoms with van der Waals surface area (Å²) >= 11 is 0. The number of nitrogens with zero attached hydrogens (tertiary/aromatic N) is 1. The van der Waals surface area contributed by atoms with Crippen molar-refractivity contribution in [3.63, 3.8) is 0 Å². The summed E-state index contributed by atoms with van der Waals surface area (Å²) in [5.41, 5.74) is -0.278. The van der Waals surface area contributed by atoms with Gasteiger partial charge in [-0.3, -0.25) is 4.79 Å². The van der Waals surface area contributed by atoms with E-state index >= 15 is 0 Å². The van der Waals surface area contributed by atoms with Gasteiger partial charge in [0.15, 0.2) is 0 Å². The van der Waals surface area contributed by atoms with Crippen LogP contribution in [-0.4, -0.2) is 27.5 Å². The second-order valence-corrected chi connectivity index (χ2v) is 6.07. The van der Waals surface area contributed by atoms with Crippen LogP contribution in [0.25, 0.3) is 11.0 Å². The minimum atomic E-state index is -1.66. The lowest BCUT2D eigenvalue weighted by Crippen LogP contribution is -2.39. The smallest absolute Gasteiger partial charge is 0.224 e. The Bertz CT molecular complexity index is 922. The lowest BCUT2D eigenvalue weighted by molar-refractivity contribution is -0.121. The summed E-state index contributed by atoms with van der Waals surface area (Å²) in [7, 11) is 0. The molecule has 3 aromatic rings. The van der Waals surface area contributed by atoms with Crippen LogP contribution in [0, 0.1) is 11.6 Å². The monoisotopic (exact) mass is 345 g/mol. The Balaban J connectivity index is 1.67. The van der Waals surface area contributed by atoms with Gasteiger partial charge in [0, 0.05) is 29.4 Å². The lowest BCUT2D eigenvalue weighted by Gasteiger charge is -2.24. The molecule has 0 saturated carbocycles. The van der Waals surface area contributed by atoms with E-state index in [-0.39, 0.29) is 24.4 Å². The summed E-state index contributed by atoms with van der Waals surface area (Å²) < 4.78 is 26.8. The number of amides is 1. The number of aliphatic hydroxyl groups is 1. The van der Waals surface area contributed by atoms with Gasteiger partial charge in [-0.25, -0.2) is 13.8 Å². The van der Waals surface area contributed by atoms with E-state index in [1.807, 2.05) is 6.07 Å². The standard InChI is InChI=1S/C18H17F2N3O2/c1-18(25,14-5-4-12(19)8-15(14)20)10-23-16(24)7-11-9-22-17-13(11)3-2-6-21-17/h2-6,8-9,25H,7,10H2,1H3,(H,21,22)(H,23,24). The van der Waals surface area contributed by atoms with Gasteiger partial charge in [0.2, 0.25) is 5.91 Å². The molecule has 0 aliphatic heterocycles. The van der Waals surface area contributed by atoms with Crippen molar-refractivity contribution in [1.29, 1.82) is 0 Å². The predicted molar refractivity (Wildman–Crippen MR) is 88.7 cm³/mol. The van der Waals surface area contributed by atoms with Crippen LogP contribution in [0.1, 0.15) is 18.1 Å². The third-order valence-corrected chi connectivity index (χ3v) is 4.03. The van der Waals surface area contributed by atoms with Crippen molar-refractivity contribution in [2.24, 2.45) is 0 Å². The molecule has 25 heavy (non-hydrogen) atoms.